The van der Waals surface area contributed by atoms with Crippen molar-refractivity contribution in [3.05, 3.63) is 120 Å². The van der Waals surface area contributed by atoms with Gasteiger partial charge in [0.1, 0.15) is 5.82 Å². The van der Waals surface area contributed by atoms with E-state index in [1.807, 2.05) is 89.5 Å². The topological polar surface area (TPSA) is 71.3 Å². The molecule has 44 heavy (non-hydrogen) atoms. The molecule has 1 aliphatic rings. The van der Waals surface area contributed by atoms with Crippen molar-refractivity contribution in [3.8, 4) is 5.69 Å². The number of amides is 2. The summed E-state index contributed by atoms with van der Waals surface area (Å²) in [5, 5.41) is 12.1. The summed E-state index contributed by atoms with van der Waals surface area (Å²) in [4.78, 5) is 30.2. The third-order valence-electron chi connectivity index (χ3n) is 8.17. The zero-order valence-electron chi connectivity index (χ0n) is 25.0. The Labute approximate surface area is 262 Å². The fraction of sp³-hybridized carbons (Fsp3) is 0.278. The monoisotopic (exact) mass is 603 g/mol. The first-order valence-corrected chi connectivity index (χ1v) is 16.3. The number of unbranched alkanes of at least 4 members (excludes halogenated alkanes) is 1. The molecule has 0 spiro atoms. The van der Waals surface area contributed by atoms with Gasteiger partial charge in [0.2, 0.25) is 5.91 Å². The normalized spacial score (nSPS) is 15.1. The Bertz CT molecular complexity index is 1720. The Morgan fingerprint density at radius 1 is 0.818 bits per heavy atom. The molecule has 1 aliphatic heterocycles. The fourth-order valence-electron chi connectivity index (χ4n) is 5.80. The van der Waals surface area contributed by atoms with Gasteiger partial charge in [-0.05, 0) is 60.4 Å². The number of aromatic nitrogens is 3. The first-order chi connectivity index (χ1) is 21.6. The average molecular weight is 604 g/mol. The van der Waals surface area contributed by atoms with Gasteiger partial charge in [-0.3, -0.25) is 14.2 Å². The molecule has 2 heterocycles. The van der Waals surface area contributed by atoms with Crippen LogP contribution in [0.3, 0.4) is 0 Å². The van der Waals surface area contributed by atoms with Crippen LogP contribution in [-0.2, 0) is 11.2 Å². The minimum atomic E-state index is -0.0309. The number of hydrogen-bond donors (Lipinski definition) is 0. The molecule has 7 nitrogen and oxygen atoms in total. The average Bonchev–Trinajstić information content (AvgIpc) is 3.46. The van der Waals surface area contributed by atoms with Crippen LogP contribution in [0.15, 0.2) is 108 Å². The molecule has 0 bridgehead atoms. The molecule has 1 unspecified atom stereocenters. The molecular weight excluding hydrogens is 566 g/mol. The van der Waals surface area contributed by atoms with E-state index in [1.165, 1.54) is 5.56 Å². The Morgan fingerprint density at radius 3 is 2.32 bits per heavy atom. The number of nitrogens with zero attached hydrogens (tertiary/aromatic N) is 5. The Morgan fingerprint density at radius 2 is 1.55 bits per heavy atom. The van der Waals surface area contributed by atoms with E-state index in [4.69, 9.17) is 0 Å². The minimum absolute atomic E-state index is 0.0302. The van der Waals surface area contributed by atoms with E-state index in [1.54, 1.807) is 11.8 Å². The van der Waals surface area contributed by atoms with Crippen LogP contribution in [0.2, 0.25) is 0 Å². The van der Waals surface area contributed by atoms with Gasteiger partial charge < -0.3 is 9.80 Å². The number of piperazine rings is 1. The lowest BCUT2D eigenvalue weighted by Gasteiger charge is -2.40. The minimum Gasteiger partial charge on any atom is -0.339 e. The molecule has 224 valence electrons. The molecule has 1 aromatic heterocycles. The Balaban J connectivity index is 0.990. The van der Waals surface area contributed by atoms with Crippen LogP contribution in [0.25, 0.3) is 16.5 Å². The van der Waals surface area contributed by atoms with Crippen LogP contribution in [0, 0.1) is 0 Å². The van der Waals surface area contributed by atoms with Gasteiger partial charge in [-0.2, -0.15) is 0 Å². The highest BCUT2D eigenvalue weighted by Gasteiger charge is 2.30. The van der Waals surface area contributed by atoms with Crippen molar-refractivity contribution in [2.24, 2.45) is 0 Å². The van der Waals surface area contributed by atoms with Crippen molar-refractivity contribution in [2.75, 3.05) is 25.4 Å². The molecule has 4 aromatic carbocycles. The zero-order chi connectivity index (χ0) is 30.3. The van der Waals surface area contributed by atoms with Crippen LogP contribution in [0.4, 0.5) is 0 Å². The molecule has 1 atom stereocenters. The maximum Gasteiger partial charge on any atom is 0.254 e. The van der Waals surface area contributed by atoms with Crippen molar-refractivity contribution < 1.29 is 9.59 Å². The SMILES string of the molecule is CC1CN(C(=O)CCCCSc2nnc(Cc3ccccc3)n2-c2ccccc2)CCN1C(=O)c1ccc2ccccc2c1. The van der Waals surface area contributed by atoms with Gasteiger partial charge in [0.05, 0.1) is 0 Å². The van der Waals surface area contributed by atoms with Crippen LogP contribution >= 0.6 is 11.8 Å². The third-order valence-corrected chi connectivity index (χ3v) is 9.19. The first kappa shape index (κ1) is 29.6. The zero-order valence-corrected chi connectivity index (χ0v) is 25.8. The molecule has 6 rings (SSSR count). The second kappa shape index (κ2) is 13.9. The highest BCUT2D eigenvalue weighted by molar-refractivity contribution is 7.99. The van der Waals surface area contributed by atoms with Gasteiger partial charge in [-0.1, -0.05) is 90.6 Å². The standard InChI is InChI=1S/C36H37N5O2S/c1-27-26-39(21-22-40(27)35(43)31-20-19-29-14-8-9-15-30(29)25-31)34(42)18-10-11-23-44-36-38-37-33(24-28-12-4-2-5-13-28)41(36)32-16-6-3-7-17-32/h2-9,12-17,19-20,25,27H,10-11,18,21-24,26H2,1H3. The van der Waals surface area contributed by atoms with E-state index in [-0.39, 0.29) is 17.9 Å². The van der Waals surface area contributed by atoms with E-state index in [0.717, 1.165) is 46.0 Å². The number of rotatable bonds is 10. The number of para-hydroxylation sites is 1. The Hall–Kier alpha value is -4.43. The van der Waals surface area contributed by atoms with Gasteiger partial charge >= 0.3 is 0 Å². The number of hydrogen-bond acceptors (Lipinski definition) is 5. The van der Waals surface area contributed by atoms with Crippen molar-refractivity contribution in [1.29, 1.82) is 0 Å². The summed E-state index contributed by atoms with van der Waals surface area (Å²) in [5.41, 5.74) is 2.94. The van der Waals surface area contributed by atoms with Crippen molar-refractivity contribution in [2.45, 2.75) is 43.8 Å². The number of carbonyl (C=O) groups is 2. The van der Waals surface area contributed by atoms with Gasteiger partial charge in [0.25, 0.3) is 5.91 Å². The van der Waals surface area contributed by atoms with E-state index in [2.05, 4.69) is 45.1 Å². The summed E-state index contributed by atoms with van der Waals surface area (Å²) in [6.07, 6.45) is 2.93. The van der Waals surface area contributed by atoms with Crippen LogP contribution in [0.5, 0.6) is 0 Å². The number of carbonyl (C=O) groups excluding carboxylic acids is 2. The lowest BCUT2D eigenvalue weighted by atomic mass is 10.0. The smallest absolute Gasteiger partial charge is 0.254 e. The number of thioether (sulfide) groups is 1. The lowest BCUT2D eigenvalue weighted by molar-refractivity contribution is -0.133. The quantitative estimate of drug-likeness (QED) is 0.132. The highest BCUT2D eigenvalue weighted by atomic mass is 32.2. The van der Waals surface area contributed by atoms with Crippen molar-refractivity contribution in [1.82, 2.24) is 24.6 Å². The van der Waals surface area contributed by atoms with Crippen molar-refractivity contribution >= 4 is 34.3 Å². The summed E-state index contributed by atoms with van der Waals surface area (Å²) in [6, 6.07) is 34.5. The van der Waals surface area contributed by atoms with Crippen LogP contribution in [-0.4, -0.2) is 67.8 Å². The predicted molar refractivity (Wildman–Crippen MR) is 176 cm³/mol. The van der Waals surface area contributed by atoms with Crippen LogP contribution < -0.4 is 0 Å². The summed E-state index contributed by atoms with van der Waals surface area (Å²) in [7, 11) is 0. The van der Waals surface area contributed by atoms with Crippen LogP contribution in [0.1, 0.15) is 47.9 Å². The third kappa shape index (κ3) is 6.86. The van der Waals surface area contributed by atoms with Gasteiger partial charge in [0.15, 0.2) is 5.16 Å². The predicted octanol–water partition coefficient (Wildman–Crippen LogP) is 6.65. The second-order valence-corrected chi connectivity index (χ2v) is 12.3. The molecule has 5 aromatic rings. The molecule has 0 radical (unpaired) electrons. The first-order valence-electron chi connectivity index (χ1n) is 15.3. The molecule has 1 fully saturated rings. The molecule has 8 heteroatoms. The second-order valence-electron chi connectivity index (χ2n) is 11.3. The van der Waals surface area contributed by atoms with E-state index >= 15 is 0 Å². The summed E-state index contributed by atoms with van der Waals surface area (Å²) in [5.74, 6) is 1.96. The van der Waals surface area contributed by atoms with E-state index < -0.39 is 0 Å². The molecule has 1 saturated heterocycles. The fourth-order valence-corrected chi connectivity index (χ4v) is 6.77. The Kier molecular flexibility index (Phi) is 9.37. The van der Waals surface area contributed by atoms with Gasteiger partial charge in [-0.25, -0.2) is 0 Å². The maximum absolute atomic E-state index is 13.3. The molecule has 0 N–H and O–H groups in total. The van der Waals surface area contributed by atoms with E-state index in [0.29, 0.717) is 38.0 Å². The van der Waals surface area contributed by atoms with Crippen molar-refractivity contribution in [3.63, 3.8) is 0 Å². The summed E-state index contributed by atoms with van der Waals surface area (Å²) in [6.45, 7) is 3.72. The molecular formula is C36H37N5O2S. The number of benzene rings is 4. The molecule has 0 aliphatic carbocycles. The van der Waals surface area contributed by atoms with Gasteiger partial charge in [0, 0.05) is 55.5 Å². The summed E-state index contributed by atoms with van der Waals surface area (Å²) >= 11 is 1.68. The number of fused-ring (bicyclic) bond motifs is 1. The molecule has 2 amide bonds. The van der Waals surface area contributed by atoms with Gasteiger partial charge in [-0.15, -0.1) is 10.2 Å². The molecule has 0 saturated carbocycles. The maximum atomic E-state index is 13.3. The highest BCUT2D eigenvalue weighted by Crippen LogP contribution is 2.25. The van der Waals surface area contributed by atoms with E-state index in [9.17, 15) is 9.59 Å². The summed E-state index contributed by atoms with van der Waals surface area (Å²) < 4.78 is 2.14. The largest absolute Gasteiger partial charge is 0.339 e. The lowest BCUT2D eigenvalue weighted by Crippen LogP contribution is -2.55.